The van der Waals surface area contributed by atoms with Gasteiger partial charge < -0.3 is 10.4 Å². The van der Waals surface area contributed by atoms with Crippen molar-refractivity contribution in [3.63, 3.8) is 0 Å². The Morgan fingerprint density at radius 2 is 2.00 bits per heavy atom. The minimum absolute atomic E-state index is 0.596. The Kier molecular flexibility index (Phi) is 4.26. The van der Waals surface area contributed by atoms with Gasteiger partial charge in [-0.1, -0.05) is 23.2 Å². The number of anilines is 1. The molecule has 0 fully saturated rings. The number of rotatable bonds is 4. The van der Waals surface area contributed by atoms with Crippen LogP contribution in [-0.2, 0) is 0 Å². The van der Waals surface area contributed by atoms with Crippen molar-refractivity contribution in [3.05, 3.63) is 28.2 Å². The molecule has 84 valence electrons. The van der Waals surface area contributed by atoms with Crippen LogP contribution < -0.4 is 5.32 Å². The molecule has 0 saturated carbocycles. The van der Waals surface area contributed by atoms with Crippen LogP contribution in [0.2, 0.25) is 10.0 Å². The largest absolute Gasteiger partial charge is 0.390 e. The lowest BCUT2D eigenvalue weighted by Gasteiger charge is -2.17. The van der Waals surface area contributed by atoms with E-state index >= 15 is 0 Å². The van der Waals surface area contributed by atoms with Gasteiger partial charge in [0.2, 0.25) is 0 Å². The molecule has 0 aliphatic heterocycles. The summed E-state index contributed by atoms with van der Waals surface area (Å²) < 4.78 is 0. The first kappa shape index (κ1) is 12.6. The molecule has 0 aliphatic carbocycles. The Morgan fingerprint density at radius 1 is 1.33 bits per heavy atom. The third kappa shape index (κ3) is 4.74. The van der Waals surface area contributed by atoms with E-state index in [1.54, 1.807) is 26.0 Å². The Hall–Kier alpha value is -0.440. The number of aliphatic hydroxyl groups is 1. The number of hydrogen-bond donors (Lipinski definition) is 2. The van der Waals surface area contributed by atoms with Crippen LogP contribution in [0.25, 0.3) is 0 Å². The van der Waals surface area contributed by atoms with E-state index < -0.39 is 5.60 Å². The van der Waals surface area contributed by atoms with Crippen molar-refractivity contribution in [2.24, 2.45) is 0 Å². The first-order valence-electron chi connectivity index (χ1n) is 4.80. The SMILES string of the molecule is CC(C)(O)CCNc1ccc(Cl)cc1Cl. The second-order valence-corrected chi connectivity index (χ2v) is 4.96. The minimum atomic E-state index is -0.661. The molecule has 15 heavy (non-hydrogen) atoms. The summed E-state index contributed by atoms with van der Waals surface area (Å²) in [6.07, 6.45) is 0.659. The number of benzene rings is 1. The van der Waals surface area contributed by atoms with Crippen LogP contribution in [0.5, 0.6) is 0 Å². The van der Waals surface area contributed by atoms with E-state index in [0.717, 1.165) is 5.69 Å². The van der Waals surface area contributed by atoms with Crippen LogP contribution in [0.4, 0.5) is 5.69 Å². The quantitative estimate of drug-likeness (QED) is 0.853. The van der Waals surface area contributed by atoms with Gasteiger partial charge in [0.05, 0.1) is 16.3 Å². The lowest BCUT2D eigenvalue weighted by molar-refractivity contribution is 0.0749. The summed E-state index contributed by atoms with van der Waals surface area (Å²) in [6.45, 7) is 4.22. The maximum atomic E-state index is 9.51. The van der Waals surface area contributed by atoms with Crippen molar-refractivity contribution in [3.8, 4) is 0 Å². The Balaban J connectivity index is 2.51. The van der Waals surface area contributed by atoms with Crippen LogP contribution >= 0.6 is 23.2 Å². The molecule has 2 N–H and O–H groups in total. The fraction of sp³-hybridized carbons (Fsp3) is 0.455. The second-order valence-electron chi connectivity index (χ2n) is 4.11. The first-order valence-corrected chi connectivity index (χ1v) is 5.55. The van der Waals surface area contributed by atoms with Crippen molar-refractivity contribution in [2.45, 2.75) is 25.9 Å². The van der Waals surface area contributed by atoms with E-state index in [2.05, 4.69) is 5.32 Å². The monoisotopic (exact) mass is 247 g/mol. The van der Waals surface area contributed by atoms with Gasteiger partial charge in [-0.2, -0.15) is 0 Å². The molecule has 0 heterocycles. The number of halogens is 2. The maximum absolute atomic E-state index is 9.51. The summed E-state index contributed by atoms with van der Waals surface area (Å²) in [6, 6.07) is 5.30. The Labute approximate surface area is 100 Å². The lowest BCUT2D eigenvalue weighted by Crippen LogP contribution is -2.22. The normalized spacial score (nSPS) is 11.5. The average Bonchev–Trinajstić information content (AvgIpc) is 2.07. The van der Waals surface area contributed by atoms with Gasteiger partial charge in [-0.15, -0.1) is 0 Å². The summed E-state index contributed by atoms with van der Waals surface area (Å²) in [7, 11) is 0. The molecule has 4 heteroatoms. The smallest absolute Gasteiger partial charge is 0.0652 e. The minimum Gasteiger partial charge on any atom is -0.390 e. The number of hydrogen-bond acceptors (Lipinski definition) is 2. The van der Waals surface area contributed by atoms with Crippen molar-refractivity contribution >= 4 is 28.9 Å². The fourth-order valence-corrected chi connectivity index (χ4v) is 1.61. The van der Waals surface area contributed by atoms with Crippen LogP contribution in [0, 0.1) is 0 Å². The van der Waals surface area contributed by atoms with E-state index in [-0.39, 0.29) is 0 Å². The Morgan fingerprint density at radius 3 is 2.53 bits per heavy atom. The van der Waals surface area contributed by atoms with Gasteiger partial charge >= 0.3 is 0 Å². The summed E-state index contributed by atoms with van der Waals surface area (Å²) in [5, 5.41) is 13.9. The van der Waals surface area contributed by atoms with Gasteiger partial charge in [0.25, 0.3) is 0 Å². The molecule has 0 spiro atoms. The van der Waals surface area contributed by atoms with Crippen LogP contribution in [-0.4, -0.2) is 17.3 Å². The fourth-order valence-electron chi connectivity index (χ4n) is 1.14. The van der Waals surface area contributed by atoms with Gasteiger partial charge in [0, 0.05) is 11.6 Å². The van der Waals surface area contributed by atoms with E-state index in [1.807, 2.05) is 6.07 Å². The highest BCUT2D eigenvalue weighted by Crippen LogP contribution is 2.25. The maximum Gasteiger partial charge on any atom is 0.0652 e. The highest BCUT2D eigenvalue weighted by atomic mass is 35.5. The highest BCUT2D eigenvalue weighted by molar-refractivity contribution is 6.36. The molecule has 0 unspecified atom stereocenters. The second kappa shape index (κ2) is 5.06. The summed E-state index contributed by atoms with van der Waals surface area (Å²) >= 11 is 11.7. The van der Waals surface area contributed by atoms with Gasteiger partial charge in [-0.25, -0.2) is 0 Å². The van der Waals surface area contributed by atoms with E-state index in [4.69, 9.17) is 23.2 Å². The molecule has 0 bridgehead atoms. The summed E-state index contributed by atoms with van der Waals surface area (Å²) in [4.78, 5) is 0. The molecule has 0 aliphatic rings. The predicted molar refractivity (Wildman–Crippen MR) is 65.9 cm³/mol. The molecule has 1 aromatic carbocycles. The Bertz CT molecular complexity index is 334. The zero-order chi connectivity index (χ0) is 11.5. The molecule has 2 nitrogen and oxygen atoms in total. The molecule has 0 saturated heterocycles. The first-order chi connectivity index (χ1) is 6.88. The van der Waals surface area contributed by atoms with Gasteiger partial charge in [0.1, 0.15) is 0 Å². The molecule has 1 aromatic rings. The number of nitrogens with one attached hydrogen (secondary N) is 1. The van der Waals surface area contributed by atoms with Crippen molar-refractivity contribution in [1.29, 1.82) is 0 Å². The van der Waals surface area contributed by atoms with E-state index in [9.17, 15) is 5.11 Å². The van der Waals surface area contributed by atoms with Crippen molar-refractivity contribution < 1.29 is 5.11 Å². The lowest BCUT2D eigenvalue weighted by atomic mass is 10.1. The zero-order valence-corrected chi connectivity index (χ0v) is 10.4. The third-order valence-electron chi connectivity index (χ3n) is 1.98. The average molecular weight is 248 g/mol. The molecular weight excluding hydrogens is 233 g/mol. The molecule has 0 aromatic heterocycles. The van der Waals surface area contributed by atoms with Crippen molar-refractivity contribution in [2.75, 3.05) is 11.9 Å². The molecule has 0 radical (unpaired) electrons. The summed E-state index contributed by atoms with van der Waals surface area (Å²) in [5.74, 6) is 0. The molecule has 0 atom stereocenters. The van der Waals surface area contributed by atoms with Gasteiger partial charge in [-0.3, -0.25) is 0 Å². The summed E-state index contributed by atoms with van der Waals surface area (Å²) in [5.41, 5.74) is 0.177. The zero-order valence-electron chi connectivity index (χ0n) is 8.85. The van der Waals surface area contributed by atoms with Gasteiger partial charge in [-0.05, 0) is 38.5 Å². The molecule has 1 rings (SSSR count). The highest BCUT2D eigenvalue weighted by Gasteiger charge is 2.11. The van der Waals surface area contributed by atoms with E-state index in [1.165, 1.54) is 0 Å². The van der Waals surface area contributed by atoms with Crippen LogP contribution in [0.3, 0.4) is 0 Å². The molecule has 0 amide bonds. The van der Waals surface area contributed by atoms with Crippen LogP contribution in [0.15, 0.2) is 18.2 Å². The van der Waals surface area contributed by atoms with E-state index in [0.29, 0.717) is 23.0 Å². The van der Waals surface area contributed by atoms with Crippen molar-refractivity contribution in [1.82, 2.24) is 0 Å². The third-order valence-corrected chi connectivity index (χ3v) is 2.53. The topological polar surface area (TPSA) is 32.3 Å². The predicted octanol–water partition coefficient (Wildman–Crippen LogP) is 3.57. The standard InChI is InChI=1S/C11H15Cl2NO/c1-11(2,15)5-6-14-10-4-3-8(12)7-9(10)13/h3-4,7,14-15H,5-6H2,1-2H3. The van der Waals surface area contributed by atoms with Crippen LogP contribution in [0.1, 0.15) is 20.3 Å². The van der Waals surface area contributed by atoms with Gasteiger partial charge in [0.15, 0.2) is 0 Å². The molecular formula is C11H15Cl2NO.